The van der Waals surface area contributed by atoms with Gasteiger partial charge in [0.15, 0.2) is 0 Å². The largest absolute Gasteiger partial charge is 0.349 e. The average Bonchev–Trinajstić information content (AvgIpc) is 3.59. The topological polar surface area (TPSA) is 66.5 Å². The van der Waals surface area contributed by atoms with Gasteiger partial charge in [-0.1, -0.05) is 29.8 Å². The third kappa shape index (κ3) is 3.89. The van der Waals surface area contributed by atoms with E-state index in [1.54, 1.807) is 24.3 Å². The Hall–Kier alpha value is -2.05. The summed E-state index contributed by atoms with van der Waals surface area (Å²) in [6, 6.07) is 13.3. The van der Waals surface area contributed by atoms with Crippen LogP contribution in [0.25, 0.3) is 0 Å². The van der Waals surface area contributed by atoms with Crippen LogP contribution in [0.5, 0.6) is 0 Å². The van der Waals surface area contributed by atoms with Crippen LogP contribution in [0.2, 0.25) is 5.02 Å². The van der Waals surface area contributed by atoms with Crippen LogP contribution in [0.1, 0.15) is 36.0 Å². The van der Waals surface area contributed by atoms with Gasteiger partial charge < -0.3 is 5.32 Å². The van der Waals surface area contributed by atoms with Crippen LogP contribution in [0.15, 0.2) is 53.4 Å². The summed E-state index contributed by atoms with van der Waals surface area (Å²) in [6.45, 7) is 0. The van der Waals surface area contributed by atoms with Gasteiger partial charge in [0, 0.05) is 13.1 Å². The van der Waals surface area contributed by atoms with E-state index in [0.29, 0.717) is 17.5 Å². The Bertz CT molecular complexity index is 974. The minimum atomic E-state index is -3.81. The molecule has 5 nitrogen and oxygen atoms in total. The van der Waals surface area contributed by atoms with Crippen LogP contribution in [-0.4, -0.2) is 27.4 Å². The molecule has 0 saturated heterocycles. The van der Waals surface area contributed by atoms with Crippen LogP contribution < -0.4 is 9.62 Å². The highest BCUT2D eigenvalue weighted by Gasteiger charge is 2.42. The normalized spacial score (nSPS) is 16.8. The number of anilines is 1. The number of carbonyl (C=O) groups is 1. The maximum Gasteiger partial charge on any atom is 0.264 e. The molecule has 0 spiro atoms. The molecule has 0 unspecified atom stereocenters. The Kier molecular flexibility index (Phi) is 5.10. The molecule has 0 radical (unpaired) electrons. The minimum Gasteiger partial charge on any atom is -0.349 e. The lowest BCUT2D eigenvalue weighted by atomic mass is 10.1. The fourth-order valence-electron chi connectivity index (χ4n) is 3.53. The lowest BCUT2D eigenvalue weighted by molar-refractivity contribution is 0.0926. The first kappa shape index (κ1) is 19.3. The van der Waals surface area contributed by atoms with Gasteiger partial charge in [0.05, 0.1) is 21.2 Å². The van der Waals surface area contributed by atoms with Crippen LogP contribution in [0.3, 0.4) is 0 Å². The Labute approximate surface area is 170 Å². The summed E-state index contributed by atoms with van der Waals surface area (Å²) in [5, 5.41) is 3.36. The Morgan fingerprint density at radius 2 is 1.68 bits per heavy atom. The van der Waals surface area contributed by atoms with E-state index in [0.717, 1.165) is 25.7 Å². The van der Waals surface area contributed by atoms with Gasteiger partial charge in [-0.25, -0.2) is 8.42 Å². The first-order valence-electron chi connectivity index (χ1n) is 9.52. The van der Waals surface area contributed by atoms with E-state index < -0.39 is 10.0 Å². The maximum atomic E-state index is 13.0. The van der Waals surface area contributed by atoms with Gasteiger partial charge in [0.25, 0.3) is 15.9 Å². The zero-order valence-corrected chi connectivity index (χ0v) is 17.2. The van der Waals surface area contributed by atoms with Crippen LogP contribution >= 0.6 is 11.6 Å². The van der Waals surface area contributed by atoms with Crippen molar-refractivity contribution in [2.75, 3.05) is 11.4 Å². The second-order valence-corrected chi connectivity index (χ2v) is 10.0. The summed E-state index contributed by atoms with van der Waals surface area (Å²) >= 11 is 6.24. The van der Waals surface area contributed by atoms with E-state index in [1.807, 2.05) is 6.07 Å². The number of amides is 1. The number of hydrogen-bond acceptors (Lipinski definition) is 3. The smallest absolute Gasteiger partial charge is 0.264 e. The highest BCUT2D eigenvalue weighted by atomic mass is 35.5. The SMILES string of the molecule is CN(c1ccccc1)S(=O)(=O)c1ccc(Cl)c(C(=O)NC(C2CC2)C2CC2)c1. The predicted molar refractivity (Wildman–Crippen MR) is 110 cm³/mol. The summed E-state index contributed by atoms with van der Waals surface area (Å²) in [6.07, 6.45) is 4.58. The Morgan fingerprint density at radius 3 is 2.25 bits per heavy atom. The van der Waals surface area contributed by atoms with Gasteiger partial charge in [-0.2, -0.15) is 0 Å². The molecule has 148 valence electrons. The second kappa shape index (κ2) is 7.41. The quantitative estimate of drug-likeness (QED) is 0.736. The molecule has 0 heterocycles. The van der Waals surface area contributed by atoms with Crippen molar-refractivity contribution in [2.24, 2.45) is 11.8 Å². The van der Waals surface area contributed by atoms with Gasteiger partial charge >= 0.3 is 0 Å². The first-order valence-corrected chi connectivity index (χ1v) is 11.3. The van der Waals surface area contributed by atoms with E-state index in [2.05, 4.69) is 5.32 Å². The summed E-state index contributed by atoms with van der Waals surface area (Å²) in [4.78, 5) is 12.9. The summed E-state index contributed by atoms with van der Waals surface area (Å²) in [7, 11) is -2.31. The number of sulfonamides is 1. The first-order chi connectivity index (χ1) is 13.4. The minimum absolute atomic E-state index is 0.0443. The highest BCUT2D eigenvalue weighted by Crippen LogP contribution is 2.44. The molecule has 2 fully saturated rings. The van der Waals surface area contributed by atoms with Crippen LogP contribution in [0.4, 0.5) is 5.69 Å². The van der Waals surface area contributed by atoms with Gasteiger partial charge in [-0.05, 0) is 67.9 Å². The number of nitrogens with one attached hydrogen (secondary N) is 1. The molecular formula is C21H23ClN2O3S. The number of carbonyl (C=O) groups excluding carboxylic acids is 1. The number of rotatable bonds is 7. The lowest BCUT2D eigenvalue weighted by Gasteiger charge is -2.21. The third-order valence-electron chi connectivity index (χ3n) is 5.52. The van der Waals surface area contributed by atoms with Crippen molar-refractivity contribution in [1.82, 2.24) is 5.32 Å². The fraction of sp³-hybridized carbons (Fsp3) is 0.381. The molecule has 4 rings (SSSR count). The molecule has 2 aromatic carbocycles. The molecule has 28 heavy (non-hydrogen) atoms. The molecular weight excluding hydrogens is 396 g/mol. The molecule has 1 amide bonds. The van der Waals surface area contributed by atoms with Crippen molar-refractivity contribution in [2.45, 2.75) is 36.6 Å². The second-order valence-electron chi connectivity index (χ2n) is 7.62. The lowest BCUT2D eigenvalue weighted by Crippen LogP contribution is -2.38. The molecule has 0 aliphatic heterocycles. The molecule has 0 bridgehead atoms. The molecule has 1 N–H and O–H groups in total. The zero-order valence-electron chi connectivity index (χ0n) is 15.6. The van der Waals surface area contributed by atoms with E-state index >= 15 is 0 Å². The number of nitrogens with zero attached hydrogens (tertiary/aromatic N) is 1. The van der Waals surface area contributed by atoms with Crippen molar-refractivity contribution >= 4 is 33.2 Å². The monoisotopic (exact) mass is 418 g/mol. The highest BCUT2D eigenvalue weighted by molar-refractivity contribution is 7.92. The summed E-state index contributed by atoms with van der Waals surface area (Å²) in [5.41, 5.74) is 0.751. The van der Waals surface area contributed by atoms with Crippen LogP contribution in [0, 0.1) is 11.8 Å². The summed E-state index contributed by atoms with van der Waals surface area (Å²) < 4.78 is 27.3. The molecule has 7 heteroatoms. The van der Waals surface area contributed by atoms with E-state index in [4.69, 9.17) is 11.6 Å². The molecule has 2 saturated carbocycles. The van der Waals surface area contributed by atoms with Crippen molar-refractivity contribution < 1.29 is 13.2 Å². The van der Waals surface area contributed by atoms with Crippen molar-refractivity contribution in [3.8, 4) is 0 Å². The molecule has 0 aromatic heterocycles. The number of hydrogen-bond donors (Lipinski definition) is 1. The number of halogens is 1. The van der Waals surface area contributed by atoms with E-state index in [-0.39, 0.29) is 27.4 Å². The standard InChI is InChI=1S/C21H23ClN2O3S/c1-24(16-5-3-2-4-6-16)28(26,27)17-11-12-19(22)18(13-17)21(25)23-20(14-7-8-14)15-9-10-15/h2-6,11-15,20H,7-10H2,1H3,(H,23,25). The third-order valence-corrected chi connectivity index (χ3v) is 7.63. The van der Waals surface area contributed by atoms with Gasteiger partial charge in [-0.3, -0.25) is 9.10 Å². The molecule has 2 aliphatic carbocycles. The number of benzene rings is 2. The predicted octanol–water partition coefficient (Wildman–Crippen LogP) is 4.08. The average molecular weight is 419 g/mol. The van der Waals surface area contributed by atoms with Gasteiger partial charge in [0.2, 0.25) is 0 Å². The van der Waals surface area contributed by atoms with Gasteiger partial charge in [-0.15, -0.1) is 0 Å². The van der Waals surface area contributed by atoms with Crippen molar-refractivity contribution in [3.05, 3.63) is 59.1 Å². The van der Waals surface area contributed by atoms with Crippen molar-refractivity contribution in [3.63, 3.8) is 0 Å². The van der Waals surface area contributed by atoms with Crippen molar-refractivity contribution in [1.29, 1.82) is 0 Å². The molecule has 2 aliphatic rings. The molecule has 0 atom stereocenters. The van der Waals surface area contributed by atoms with E-state index in [9.17, 15) is 13.2 Å². The van der Waals surface area contributed by atoms with Gasteiger partial charge in [0.1, 0.15) is 0 Å². The Morgan fingerprint density at radius 1 is 1.07 bits per heavy atom. The number of para-hydroxylation sites is 1. The fourth-order valence-corrected chi connectivity index (χ4v) is 4.96. The Balaban J connectivity index is 1.60. The molecule has 2 aromatic rings. The van der Waals surface area contributed by atoms with E-state index in [1.165, 1.54) is 29.6 Å². The van der Waals surface area contributed by atoms with Crippen LogP contribution in [-0.2, 0) is 10.0 Å². The summed E-state index contributed by atoms with van der Waals surface area (Å²) in [5.74, 6) is 0.797. The zero-order chi connectivity index (χ0) is 19.9. The maximum absolute atomic E-state index is 13.0.